The molecule has 0 atom stereocenters. The Morgan fingerprint density at radius 2 is 1.71 bits per heavy atom. The Balaban J connectivity index is 1.30. The van der Waals surface area contributed by atoms with Gasteiger partial charge in [-0.25, -0.2) is 8.78 Å². The summed E-state index contributed by atoms with van der Waals surface area (Å²) in [6.07, 6.45) is 7.13. The van der Waals surface area contributed by atoms with Crippen LogP contribution in [0, 0.1) is 5.82 Å². The highest BCUT2D eigenvalue weighted by molar-refractivity contribution is 6.07. The molecule has 1 saturated heterocycles. The molecule has 0 saturated carbocycles. The van der Waals surface area contributed by atoms with Crippen molar-refractivity contribution < 1.29 is 18.4 Å². The number of carbonyl (C=O) groups excluding carboxylic acids is 2. The van der Waals surface area contributed by atoms with Crippen molar-refractivity contribution in [1.82, 2.24) is 14.8 Å². The Morgan fingerprint density at radius 1 is 0.974 bits per heavy atom. The van der Waals surface area contributed by atoms with Gasteiger partial charge in [0, 0.05) is 37.4 Å². The lowest BCUT2D eigenvalue weighted by molar-refractivity contribution is -0.122. The number of hydrogen-bond acceptors (Lipinski definition) is 2. The molecule has 0 bridgehead atoms. The van der Waals surface area contributed by atoms with Gasteiger partial charge in [-0.05, 0) is 53.7 Å². The van der Waals surface area contributed by atoms with E-state index in [4.69, 9.17) is 0 Å². The molecule has 1 aliphatic rings. The van der Waals surface area contributed by atoms with Gasteiger partial charge in [-0.2, -0.15) is 0 Å². The average molecular weight is 514 g/mol. The first-order chi connectivity index (χ1) is 18.5. The van der Waals surface area contributed by atoms with Crippen molar-refractivity contribution >= 4 is 35.0 Å². The zero-order valence-corrected chi connectivity index (χ0v) is 20.9. The van der Waals surface area contributed by atoms with Gasteiger partial charge in [0.25, 0.3) is 11.8 Å². The summed E-state index contributed by atoms with van der Waals surface area (Å²) < 4.78 is 29.1. The summed E-state index contributed by atoms with van der Waals surface area (Å²) in [5.41, 5.74) is 3.97. The number of rotatable bonds is 7. The molecule has 0 radical (unpaired) electrons. The van der Waals surface area contributed by atoms with Crippen LogP contribution in [0.4, 0.5) is 8.78 Å². The Kier molecular flexibility index (Phi) is 7.63. The van der Waals surface area contributed by atoms with Crippen LogP contribution in [0.25, 0.3) is 23.2 Å². The molecule has 0 spiro atoms. The highest BCUT2D eigenvalue weighted by Gasteiger charge is 2.28. The van der Waals surface area contributed by atoms with Crippen LogP contribution in [0.5, 0.6) is 0 Å². The van der Waals surface area contributed by atoms with Crippen LogP contribution in [0.15, 0.2) is 79.0 Å². The van der Waals surface area contributed by atoms with Crippen molar-refractivity contribution in [1.29, 1.82) is 0 Å². The molecule has 1 aliphatic heterocycles. The van der Waals surface area contributed by atoms with E-state index in [9.17, 15) is 18.4 Å². The standard InChI is InChI=1S/C31H29F2N3O2/c32-19-30(37)34-20-23-10-11-28(33)26(18-23)24-13-16-35(17-14-24)31(38)27-21-36(29-9-5-4-8-25(27)29)15-12-22-6-2-1-3-7-22/h1-12,15,18,21,24H,13-14,16-17,19-20H2,(H,34,37). The van der Waals surface area contributed by atoms with Gasteiger partial charge in [0.1, 0.15) is 5.82 Å². The zero-order valence-electron chi connectivity index (χ0n) is 20.9. The maximum Gasteiger partial charge on any atom is 0.256 e. The lowest BCUT2D eigenvalue weighted by Crippen LogP contribution is -2.38. The second-order valence-corrected chi connectivity index (χ2v) is 9.53. The van der Waals surface area contributed by atoms with Crippen LogP contribution < -0.4 is 5.32 Å². The predicted octanol–water partition coefficient (Wildman–Crippen LogP) is 6.01. The molecule has 2 heterocycles. The first-order valence-corrected chi connectivity index (χ1v) is 12.8. The van der Waals surface area contributed by atoms with Crippen LogP contribution in [0.2, 0.25) is 0 Å². The molecule has 194 valence electrons. The Morgan fingerprint density at radius 3 is 2.47 bits per heavy atom. The van der Waals surface area contributed by atoms with Crippen molar-refractivity contribution in [3.63, 3.8) is 0 Å². The highest BCUT2D eigenvalue weighted by atomic mass is 19.1. The fourth-order valence-corrected chi connectivity index (χ4v) is 5.06. The number of likely N-dealkylation sites (tertiary alicyclic amines) is 1. The summed E-state index contributed by atoms with van der Waals surface area (Å²) in [5.74, 6) is -1.07. The van der Waals surface area contributed by atoms with Crippen molar-refractivity contribution in [2.45, 2.75) is 25.3 Å². The topological polar surface area (TPSA) is 54.3 Å². The maximum absolute atomic E-state index is 14.7. The third-order valence-corrected chi connectivity index (χ3v) is 7.09. The maximum atomic E-state index is 14.7. The number of nitrogens with zero attached hydrogens (tertiary/aromatic N) is 2. The largest absolute Gasteiger partial charge is 0.350 e. The molecule has 3 aromatic carbocycles. The highest BCUT2D eigenvalue weighted by Crippen LogP contribution is 2.32. The van der Waals surface area contributed by atoms with Crippen LogP contribution in [0.3, 0.4) is 0 Å². The molecule has 38 heavy (non-hydrogen) atoms. The van der Waals surface area contributed by atoms with Crippen molar-refractivity contribution in [2.75, 3.05) is 19.8 Å². The summed E-state index contributed by atoms with van der Waals surface area (Å²) in [7, 11) is 0. The van der Waals surface area contributed by atoms with Gasteiger partial charge >= 0.3 is 0 Å². The van der Waals surface area contributed by atoms with Crippen molar-refractivity contribution in [3.8, 4) is 0 Å². The minimum absolute atomic E-state index is 0.0327. The number of nitrogens with one attached hydrogen (secondary N) is 1. The number of piperidine rings is 1. The quantitative estimate of drug-likeness (QED) is 0.329. The van der Waals surface area contributed by atoms with Crippen LogP contribution in [-0.2, 0) is 11.3 Å². The Labute approximate surface area is 220 Å². The summed E-state index contributed by atoms with van der Waals surface area (Å²) in [5, 5.41) is 3.37. The number of amides is 2. The van der Waals surface area contributed by atoms with E-state index in [0.717, 1.165) is 22.0 Å². The number of benzene rings is 3. The molecule has 1 fully saturated rings. The molecule has 1 aromatic heterocycles. The summed E-state index contributed by atoms with van der Waals surface area (Å²) in [6.45, 7) is 0.106. The molecule has 2 amide bonds. The number of halogens is 2. The van der Waals surface area contributed by atoms with Crippen LogP contribution in [-0.4, -0.2) is 41.0 Å². The summed E-state index contributed by atoms with van der Waals surface area (Å²) in [6, 6.07) is 22.6. The molecule has 0 aliphatic carbocycles. The third-order valence-electron chi connectivity index (χ3n) is 7.09. The molecule has 5 rings (SSSR count). The number of aromatic nitrogens is 1. The molecule has 4 aromatic rings. The minimum Gasteiger partial charge on any atom is -0.350 e. The smallest absolute Gasteiger partial charge is 0.256 e. The van der Waals surface area contributed by atoms with E-state index in [1.165, 1.54) is 6.07 Å². The van der Waals surface area contributed by atoms with Crippen molar-refractivity contribution in [2.24, 2.45) is 0 Å². The second-order valence-electron chi connectivity index (χ2n) is 9.53. The first-order valence-electron chi connectivity index (χ1n) is 12.8. The predicted molar refractivity (Wildman–Crippen MR) is 146 cm³/mol. The van der Waals surface area contributed by atoms with E-state index in [-0.39, 0.29) is 24.2 Å². The van der Waals surface area contributed by atoms with E-state index in [1.54, 1.807) is 12.1 Å². The summed E-state index contributed by atoms with van der Waals surface area (Å²) >= 11 is 0. The number of carbonyl (C=O) groups is 2. The molecule has 0 unspecified atom stereocenters. The fourth-order valence-electron chi connectivity index (χ4n) is 5.06. The minimum atomic E-state index is -1.08. The van der Waals surface area contributed by atoms with Gasteiger partial charge in [0.15, 0.2) is 6.67 Å². The van der Waals surface area contributed by atoms with E-state index < -0.39 is 12.6 Å². The van der Waals surface area contributed by atoms with Gasteiger partial charge in [0.2, 0.25) is 0 Å². The van der Waals surface area contributed by atoms with Crippen molar-refractivity contribution in [3.05, 3.63) is 107 Å². The number of fused-ring (bicyclic) bond motifs is 1. The SMILES string of the molecule is O=C(CF)NCc1ccc(F)c(C2CCN(C(=O)c3cn(C=Cc4ccccc4)c4ccccc34)CC2)c1. The van der Waals surface area contributed by atoms with E-state index in [1.807, 2.05) is 82.5 Å². The Bertz CT molecular complexity index is 1470. The van der Waals surface area contributed by atoms with Crippen LogP contribution >= 0.6 is 0 Å². The van der Waals surface area contributed by atoms with E-state index >= 15 is 0 Å². The first kappa shape index (κ1) is 25.4. The molecule has 7 heteroatoms. The number of para-hydroxylation sites is 1. The van der Waals surface area contributed by atoms with Gasteiger partial charge < -0.3 is 14.8 Å². The third kappa shape index (κ3) is 5.52. The molecular weight excluding hydrogens is 484 g/mol. The molecular formula is C31H29F2N3O2. The van der Waals surface area contributed by atoms with Gasteiger partial charge in [-0.1, -0.05) is 60.7 Å². The van der Waals surface area contributed by atoms with Crippen LogP contribution in [0.1, 0.15) is 45.8 Å². The zero-order chi connectivity index (χ0) is 26.5. The normalized spacial score (nSPS) is 14.3. The lowest BCUT2D eigenvalue weighted by atomic mass is 9.88. The number of alkyl halides is 1. The van der Waals surface area contributed by atoms with Gasteiger partial charge in [-0.3, -0.25) is 9.59 Å². The molecule has 1 N–H and O–H groups in total. The summed E-state index contributed by atoms with van der Waals surface area (Å²) in [4.78, 5) is 26.7. The monoisotopic (exact) mass is 513 g/mol. The van der Waals surface area contributed by atoms with E-state index in [2.05, 4.69) is 5.32 Å². The van der Waals surface area contributed by atoms with E-state index in [0.29, 0.717) is 37.1 Å². The Hall–Kier alpha value is -4.26. The molecule has 5 nitrogen and oxygen atoms in total. The number of hydrogen-bond donors (Lipinski definition) is 1. The van der Waals surface area contributed by atoms with Gasteiger partial charge in [-0.15, -0.1) is 0 Å². The second kappa shape index (κ2) is 11.4. The average Bonchev–Trinajstić information content (AvgIpc) is 3.34. The lowest BCUT2D eigenvalue weighted by Gasteiger charge is -2.32. The van der Waals surface area contributed by atoms with Gasteiger partial charge in [0.05, 0.1) is 11.1 Å². The fraction of sp³-hybridized carbons (Fsp3) is 0.226.